The van der Waals surface area contributed by atoms with Crippen LogP contribution in [0.4, 0.5) is 4.39 Å². The molecule has 1 unspecified atom stereocenters. The van der Waals surface area contributed by atoms with Gasteiger partial charge < -0.3 is 5.32 Å². The number of rotatable bonds is 3. The van der Waals surface area contributed by atoms with Crippen molar-refractivity contribution in [3.8, 4) is 0 Å². The summed E-state index contributed by atoms with van der Waals surface area (Å²) in [5, 5.41) is 3.55. The summed E-state index contributed by atoms with van der Waals surface area (Å²) >= 11 is 3.36. The quantitative estimate of drug-likeness (QED) is 0.908. The van der Waals surface area contributed by atoms with Crippen molar-refractivity contribution in [3.05, 3.63) is 69.9 Å². The fourth-order valence-electron chi connectivity index (χ4n) is 2.82. The Kier molecular flexibility index (Phi) is 4.68. The summed E-state index contributed by atoms with van der Waals surface area (Å²) in [6.45, 7) is 3.66. The number of hydrogen-bond donors (Lipinski definition) is 1. The third-order valence-electron chi connectivity index (χ3n) is 3.79. The van der Waals surface area contributed by atoms with Crippen LogP contribution in [-0.4, -0.2) is 24.5 Å². The molecule has 1 saturated heterocycles. The first-order valence-electron chi connectivity index (χ1n) is 7.16. The molecule has 2 aromatic carbocycles. The maximum Gasteiger partial charge on any atom is 0.124 e. The maximum absolute atomic E-state index is 13.5. The number of nitrogens with one attached hydrogen (secondary N) is 1. The Morgan fingerprint density at radius 1 is 1.19 bits per heavy atom. The van der Waals surface area contributed by atoms with Crippen LogP contribution in [0.1, 0.15) is 17.2 Å². The lowest BCUT2D eigenvalue weighted by Crippen LogP contribution is -2.45. The van der Waals surface area contributed by atoms with Crippen LogP contribution in [0.15, 0.2) is 53.0 Å². The highest BCUT2D eigenvalue weighted by atomic mass is 79.9. The van der Waals surface area contributed by atoms with E-state index >= 15 is 0 Å². The zero-order chi connectivity index (χ0) is 14.7. The maximum atomic E-state index is 13.5. The number of piperazine rings is 1. The Labute approximate surface area is 133 Å². The SMILES string of the molecule is Fc1cc(Br)cc(CN2CCNC(c3ccccc3)C2)c1. The van der Waals surface area contributed by atoms with E-state index in [1.807, 2.05) is 12.1 Å². The van der Waals surface area contributed by atoms with Gasteiger partial charge in [0.2, 0.25) is 0 Å². The molecule has 1 fully saturated rings. The molecule has 3 rings (SSSR count). The van der Waals surface area contributed by atoms with Crippen molar-refractivity contribution in [1.29, 1.82) is 0 Å². The van der Waals surface area contributed by atoms with Gasteiger partial charge in [-0.05, 0) is 29.3 Å². The minimum Gasteiger partial charge on any atom is -0.308 e. The van der Waals surface area contributed by atoms with Crippen molar-refractivity contribution in [2.24, 2.45) is 0 Å². The van der Waals surface area contributed by atoms with Crippen molar-refractivity contribution in [2.45, 2.75) is 12.6 Å². The summed E-state index contributed by atoms with van der Waals surface area (Å²) in [7, 11) is 0. The first-order valence-corrected chi connectivity index (χ1v) is 7.96. The van der Waals surface area contributed by atoms with E-state index in [1.54, 1.807) is 6.07 Å². The van der Waals surface area contributed by atoms with Crippen molar-refractivity contribution < 1.29 is 4.39 Å². The van der Waals surface area contributed by atoms with Gasteiger partial charge in [-0.3, -0.25) is 4.90 Å². The Morgan fingerprint density at radius 2 is 2.00 bits per heavy atom. The Bertz CT molecular complexity index is 583. The second kappa shape index (κ2) is 6.69. The molecule has 1 aliphatic heterocycles. The van der Waals surface area contributed by atoms with Gasteiger partial charge in [-0.25, -0.2) is 4.39 Å². The molecule has 21 heavy (non-hydrogen) atoms. The zero-order valence-electron chi connectivity index (χ0n) is 11.7. The van der Waals surface area contributed by atoms with Crippen LogP contribution < -0.4 is 5.32 Å². The topological polar surface area (TPSA) is 15.3 Å². The van der Waals surface area contributed by atoms with Crippen LogP contribution >= 0.6 is 15.9 Å². The van der Waals surface area contributed by atoms with Gasteiger partial charge in [0.05, 0.1) is 0 Å². The summed E-state index contributed by atoms with van der Waals surface area (Å²) < 4.78 is 14.3. The molecule has 2 nitrogen and oxygen atoms in total. The molecule has 110 valence electrons. The van der Waals surface area contributed by atoms with Gasteiger partial charge in [0.25, 0.3) is 0 Å². The second-order valence-electron chi connectivity index (χ2n) is 5.43. The first kappa shape index (κ1) is 14.7. The van der Waals surface area contributed by atoms with E-state index in [0.29, 0.717) is 6.04 Å². The fourth-order valence-corrected chi connectivity index (χ4v) is 3.34. The van der Waals surface area contributed by atoms with Crippen LogP contribution in [0.2, 0.25) is 0 Å². The van der Waals surface area contributed by atoms with E-state index in [4.69, 9.17) is 0 Å². The normalized spacial score (nSPS) is 19.6. The first-order chi connectivity index (χ1) is 10.2. The Balaban J connectivity index is 1.69. The van der Waals surface area contributed by atoms with E-state index in [1.165, 1.54) is 11.6 Å². The molecular formula is C17H18BrFN2. The number of nitrogens with zero attached hydrogens (tertiary/aromatic N) is 1. The summed E-state index contributed by atoms with van der Waals surface area (Å²) in [6, 6.07) is 15.9. The van der Waals surface area contributed by atoms with Crippen molar-refractivity contribution >= 4 is 15.9 Å². The minimum absolute atomic E-state index is 0.186. The highest BCUT2D eigenvalue weighted by Crippen LogP contribution is 2.20. The molecule has 0 radical (unpaired) electrons. The highest BCUT2D eigenvalue weighted by molar-refractivity contribution is 9.10. The summed E-state index contributed by atoms with van der Waals surface area (Å²) in [6.07, 6.45) is 0. The number of halogens is 2. The molecule has 0 spiro atoms. The molecular weight excluding hydrogens is 331 g/mol. The lowest BCUT2D eigenvalue weighted by molar-refractivity contribution is 0.193. The van der Waals surface area contributed by atoms with E-state index in [9.17, 15) is 4.39 Å². The minimum atomic E-state index is -0.186. The Hall–Kier alpha value is -1.23. The van der Waals surface area contributed by atoms with E-state index in [0.717, 1.165) is 36.2 Å². The van der Waals surface area contributed by atoms with Gasteiger partial charge in [-0.15, -0.1) is 0 Å². The van der Waals surface area contributed by atoms with Gasteiger partial charge in [0, 0.05) is 36.7 Å². The number of hydrogen-bond acceptors (Lipinski definition) is 2. The molecule has 0 saturated carbocycles. The van der Waals surface area contributed by atoms with Gasteiger partial charge in [0.15, 0.2) is 0 Å². The molecule has 0 aliphatic carbocycles. The summed E-state index contributed by atoms with van der Waals surface area (Å²) in [4.78, 5) is 2.37. The lowest BCUT2D eigenvalue weighted by atomic mass is 10.0. The predicted molar refractivity (Wildman–Crippen MR) is 86.6 cm³/mol. The average Bonchev–Trinajstić information content (AvgIpc) is 2.47. The molecule has 1 N–H and O–H groups in total. The molecule has 0 aromatic heterocycles. The smallest absolute Gasteiger partial charge is 0.124 e. The average molecular weight is 349 g/mol. The largest absolute Gasteiger partial charge is 0.308 e. The Morgan fingerprint density at radius 3 is 2.76 bits per heavy atom. The van der Waals surface area contributed by atoms with Crippen LogP contribution in [0.5, 0.6) is 0 Å². The molecule has 4 heteroatoms. The molecule has 0 bridgehead atoms. The predicted octanol–water partition coefficient (Wildman–Crippen LogP) is 3.73. The third kappa shape index (κ3) is 3.90. The second-order valence-corrected chi connectivity index (χ2v) is 6.35. The van der Waals surface area contributed by atoms with Crippen molar-refractivity contribution in [3.63, 3.8) is 0 Å². The van der Waals surface area contributed by atoms with E-state index in [2.05, 4.69) is 50.4 Å². The zero-order valence-corrected chi connectivity index (χ0v) is 13.3. The van der Waals surface area contributed by atoms with Gasteiger partial charge in [0.1, 0.15) is 5.82 Å². The van der Waals surface area contributed by atoms with Crippen molar-refractivity contribution in [2.75, 3.05) is 19.6 Å². The van der Waals surface area contributed by atoms with Gasteiger partial charge in [-0.2, -0.15) is 0 Å². The van der Waals surface area contributed by atoms with Gasteiger partial charge in [-0.1, -0.05) is 46.3 Å². The van der Waals surface area contributed by atoms with Gasteiger partial charge >= 0.3 is 0 Å². The van der Waals surface area contributed by atoms with Crippen LogP contribution in [0.25, 0.3) is 0 Å². The van der Waals surface area contributed by atoms with Crippen LogP contribution in [-0.2, 0) is 6.54 Å². The van der Waals surface area contributed by atoms with E-state index < -0.39 is 0 Å². The monoisotopic (exact) mass is 348 g/mol. The van der Waals surface area contributed by atoms with Crippen LogP contribution in [0.3, 0.4) is 0 Å². The molecule has 2 aromatic rings. The molecule has 0 amide bonds. The van der Waals surface area contributed by atoms with Crippen LogP contribution in [0, 0.1) is 5.82 Å². The molecule has 1 heterocycles. The number of benzene rings is 2. The van der Waals surface area contributed by atoms with Crippen molar-refractivity contribution in [1.82, 2.24) is 10.2 Å². The summed E-state index contributed by atoms with van der Waals surface area (Å²) in [5.74, 6) is -0.186. The molecule has 1 aliphatic rings. The lowest BCUT2D eigenvalue weighted by Gasteiger charge is -2.34. The highest BCUT2D eigenvalue weighted by Gasteiger charge is 2.20. The molecule has 1 atom stereocenters. The third-order valence-corrected chi connectivity index (χ3v) is 4.25. The van der Waals surface area contributed by atoms with E-state index in [-0.39, 0.29) is 5.82 Å². The fraction of sp³-hybridized carbons (Fsp3) is 0.294. The standard InChI is InChI=1S/C17H18BrFN2/c18-15-8-13(9-16(19)10-15)11-21-7-6-20-17(12-21)14-4-2-1-3-5-14/h1-5,8-10,17,20H,6-7,11-12H2. The summed E-state index contributed by atoms with van der Waals surface area (Å²) in [5.41, 5.74) is 2.32.